The second-order valence-corrected chi connectivity index (χ2v) is 6.76. The molecule has 0 saturated carbocycles. The van der Waals surface area contributed by atoms with Crippen LogP contribution in [-0.4, -0.2) is 19.3 Å². The van der Waals surface area contributed by atoms with Gasteiger partial charge in [-0.3, -0.25) is 4.68 Å². The highest BCUT2D eigenvalue weighted by Crippen LogP contribution is 2.33. The molecule has 0 radical (unpaired) electrons. The molecule has 20 heavy (non-hydrogen) atoms. The second kappa shape index (κ2) is 5.43. The van der Waals surface area contributed by atoms with Gasteiger partial charge in [0.2, 0.25) is 0 Å². The molecule has 0 N–H and O–H groups in total. The highest BCUT2D eigenvalue weighted by atomic mass is 15.3. The van der Waals surface area contributed by atoms with Crippen LogP contribution in [0.15, 0.2) is 24.9 Å². The van der Waals surface area contributed by atoms with Crippen molar-refractivity contribution in [1.29, 1.82) is 0 Å². The first-order valence-electron chi connectivity index (χ1n) is 7.32. The van der Waals surface area contributed by atoms with Crippen molar-refractivity contribution in [3.63, 3.8) is 0 Å². The SMILES string of the molecule is CC(CC(C)(C)c1cn(C)cn1)c1cnn(C(C)C)c1. The van der Waals surface area contributed by atoms with Crippen molar-refractivity contribution >= 4 is 0 Å². The molecule has 0 amide bonds. The lowest BCUT2D eigenvalue weighted by molar-refractivity contribution is 0.428. The summed E-state index contributed by atoms with van der Waals surface area (Å²) in [6, 6.07) is 0.416. The normalized spacial score (nSPS) is 13.9. The molecule has 0 aromatic carbocycles. The average Bonchev–Trinajstić information content (AvgIpc) is 2.96. The van der Waals surface area contributed by atoms with Crippen molar-refractivity contribution < 1.29 is 0 Å². The summed E-state index contributed by atoms with van der Waals surface area (Å²) in [5.41, 5.74) is 2.53. The maximum Gasteiger partial charge on any atom is 0.0947 e. The summed E-state index contributed by atoms with van der Waals surface area (Å²) in [5.74, 6) is 0.472. The van der Waals surface area contributed by atoms with Crippen LogP contribution in [0.3, 0.4) is 0 Å². The lowest BCUT2D eigenvalue weighted by atomic mass is 9.79. The first-order chi connectivity index (χ1) is 9.29. The van der Waals surface area contributed by atoms with Crippen LogP contribution in [0, 0.1) is 0 Å². The topological polar surface area (TPSA) is 35.6 Å². The Labute approximate surface area is 121 Å². The third kappa shape index (κ3) is 3.11. The zero-order valence-corrected chi connectivity index (χ0v) is 13.5. The number of rotatable bonds is 5. The van der Waals surface area contributed by atoms with E-state index in [1.54, 1.807) is 0 Å². The van der Waals surface area contributed by atoms with E-state index in [1.165, 1.54) is 5.56 Å². The van der Waals surface area contributed by atoms with Crippen LogP contribution in [0.1, 0.15) is 64.3 Å². The van der Waals surface area contributed by atoms with E-state index >= 15 is 0 Å². The Morgan fingerprint density at radius 2 is 1.90 bits per heavy atom. The number of hydrogen-bond donors (Lipinski definition) is 0. The Morgan fingerprint density at radius 3 is 2.40 bits per heavy atom. The van der Waals surface area contributed by atoms with Gasteiger partial charge in [-0.25, -0.2) is 4.98 Å². The summed E-state index contributed by atoms with van der Waals surface area (Å²) in [6.45, 7) is 11.1. The van der Waals surface area contributed by atoms with Crippen molar-refractivity contribution in [1.82, 2.24) is 19.3 Å². The molecule has 4 nitrogen and oxygen atoms in total. The molecule has 0 fully saturated rings. The van der Waals surface area contributed by atoms with Gasteiger partial charge in [-0.2, -0.15) is 5.10 Å². The van der Waals surface area contributed by atoms with Crippen LogP contribution in [0.25, 0.3) is 0 Å². The summed E-state index contributed by atoms with van der Waals surface area (Å²) < 4.78 is 4.04. The van der Waals surface area contributed by atoms with E-state index in [2.05, 4.69) is 57.1 Å². The van der Waals surface area contributed by atoms with Crippen LogP contribution in [0.2, 0.25) is 0 Å². The van der Waals surface area contributed by atoms with Crippen molar-refractivity contribution in [2.75, 3.05) is 0 Å². The Kier molecular flexibility index (Phi) is 4.02. The van der Waals surface area contributed by atoms with Crippen LogP contribution in [0.5, 0.6) is 0 Å². The lowest BCUT2D eigenvalue weighted by Gasteiger charge is -2.26. The maximum absolute atomic E-state index is 4.51. The molecule has 0 aliphatic carbocycles. The summed E-state index contributed by atoms with van der Waals surface area (Å²) in [6.07, 6.45) is 9.22. The molecule has 1 atom stereocenters. The van der Waals surface area contributed by atoms with Gasteiger partial charge in [0, 0.05) is 30.9 Å². The minimum atomic E-state index is 0.0700. The molecule has 0 bridgehead atoms. The summed E-state index contributed by atoms with van der Waals surface area (Å²) >= 11 is 0. The van der Waals surface area contributed by atoms with E-state index in [1.807, 2.05) is 28.8 Å². The smallest absolute Gasteiger partial charge is 0.0947 e. The minimum absolute atomic E-state index is 0.0700. The zero-order valence-electron chi connectivity index (χ0n) is 13.5. The summed E-state index contributed by atoms with van der Waals surface area (Å²) in [5, 5.41) is 4.44. The van der Waals surface area contributed by atoms with Gasteiger partial charge >= 0.3 is 0 Å². The van der Waals surface area contributed by atoms with E-state index in [4.69, 9.17) is 0 Å². The molecule has 0 saturated heterocycles. The number of nitrogens with zero attached hydrogens (tertiary/aromatic N) is 4. The van der Waals surface area contributed by atoms with E-state index in [0.29, 0.717) is 12.0 Å². The predicted octanol–water partition coefficient (Wildman–Crippen LogP) is 3.67. The molecule has 1 unspecified atom stereocenters. The van der Waals surface area contributed by atoms with Gasteiger partial charge in [0.25, 0.3) is 0 Å². The Balaban J connectivity index is 2.11. The van der Waals surface area contributed by atoms with E-state index in [-0.39, 0.29) is 5.41 Å². The van der Waals surface area contributed by atoms with Gasteiger partial charge in [-0.1, -0.05) is 20.8 Å². The highest BCUT2D eigenvalue weighted by molar-refractivity contribution is 5.17. The fourth-order valence-corrected chi connectivity index (χ4v) is 2.64. The third-order valence-electron chi connectivity index (χ3n) is 3.93. The molecule has 2 aromatic rings. The molecular weight excluding hydrogens is 248 g/mol. The van der Waals surface area contributed by atoms with Crippen LogP contribution in [0.4, 0.5) is 0 Å². The first kappa shape index (κ1) is 14.8. The maximum atomic E-state index is 4.51. The van der Waals surface area contributed by atoms with Crippen molar-refractivity contribution in [3.05, 3.63) is 36.2 Å². The second-order valence-electron chi connectivity index (χ2n) is 6.76. The lowest BCUT2D eigenvalue weighted by Crippen LogP contribution is -2.20. The number of hydrogen-bond acceptors (Lipinski definition) is 2. The van der Waals surface area contributed by atoms with Crippen molar-refractivity contribution in [2.45, 2.75) is 58.4 Å². The first-order valence-corrected chi connectivity index (χ1v) is 7.32. The van der Waals surface area contributed by atoms with E-state index in [0.717, 1.165) is 12.1 Å². The monoisotopic (exact) mass is 274 g/mol. The number of aryl methyl sites for hydroxylation is 1. The van der Waals surface area contributed by atoms with E-state index in [9.17, 15) is 0 Å². The Morgan fingerprint density at radius 1 is 1.20 bits per heavy atom. The Bertz CT molecular complexity index is 563. The predicted molar refractivity (Wildman–Crippen MR) is 81.9 cm³/mol. The average molecular weight is 274 g/mol. The molecule has 110 valence electrons. The standard InChI is InChI=1S/C16H26N4/c1-12(2)20-9-14(8-18-20)13(3)7-16(4,5)15-10-19(6)11-17-15/h8-13H,7H2,1-6H3. The van der Waals surface area contributed by atoms with Gasteiger partial charge in [-0.15, -0.1) is 0 Å². The largest absolute Gasteiger partial charge is 0.340 e. The summed E-state index contributed by atoms with van der Waals surface area (Å²) in [7, 11) is 2.02. The van der Waals surface area contributed by atoms with Gasteiger partial charge in [0.1, 0.15) is 0 Å². The Hall–Kier alpha value is -1.58. The van der Waals surface area contributed by atoms with Gasteiger partial charge in [0.05, 0.1) is 18.2 Å². The van der Waals surface area contributed by atoms with Gasteiger partial charge < -0.3 is 4.57 Å². The van der Waals surface area contributed by atoms with Crippen LogP contribution in [-0.2, 0) is 12.5 Å². The quantitative estimate of drug-likeness (QED) is 0.834. The van der Waals surface area contributed by atoms with Crippen molar-refractivity contribution in [2.24, 2.45) is 7.05 Å². The molecule has 0 aliphatic rings. The molecule has 2 heterocycles. The molecule has 0 aliphatic heterocycles. The van der Waals surface area contributed by atoms with Gasteiger partial charge in [-0.05, 0) is 31.7 Å². The zero-order chi connectivity index (χ0) is 14.9. The number of imidazole rings is 1. The van der Waals surface area contributed by atoms with Gasteiger partial charge in [0.15, 0.2) is 0 Å². The molecule has 2 rings (SSSR count). The molecular formula is C16H26N4. The third-order valence-corrected chi connectivity index (χ3v) is 3.93. The van der Waals surface area contributed by atoms with E-state index < -0.39 is 0 Å². The highest BCUT2D eigenvalue weighted by Gasteiger charge is 2.26. The van der Waals surface area contributed by atoms with Crippen molar-refractivity contribution in [3.8, 4) is 0 Å². The fourth-order valence-electron chi connectivity index (χ4n) is 2.64. The van der Waals surface area contributed by atoms with Crippen LogP contribution < -0.4 is 0 Å². The van der Waals surface area contributed by atoms with Crippen LogP contribution >= 0.6 is 0 Å². The fraction of sp³-hybridized carbons (Fsp3) is 0.625. The molecule has 2 aromatic heterocycles. The number of aromatic nitrogens is 4. The molecule has 4 heteroatoms. The molecule has 0 spiro atoms. The summed E-state index contributed by atoms with van der Waals surface area (Å²) in [4.78, 5) is 4.51. The minimum Gasteiger partial charge on any atom is -0.340 e.